The highest BCUT2D eigenvalue weighted by Crippen LogP contribution is 2.34. The number of allylic oxidation sites excluding steroid dienone is 2. The number of ether oxygens (including phenoxy) is 2. The number of fused-ring (bicyclic) bond motifs is 1. The van der Waals surface area contributed by atoms with Crippen molar-refractivity contribution in [1.29, 1.82) is 0 Å². The number of aryl methyl sites for hydroxylation is 1. The van der Waals surface area contributed by atoms with Crippen LogP contribution < -0.4 is 4.74 Å². The van der Waals surface area contributed by atoms with Gasteiger partial charge in [-0.15, -0.1) is 0 Å². The topological polar surface area (TPSA) is 18.5 Å². The summed E-state index contributed by atoms with van der Waals surface area (Å²) < 4.78 is 10.8. The molecule has 0 radical (unpaired) electrons. The Morgan fingerprint density at radius 2 is 1.94 bits per heavy atom. The van der Waals surface area contributed by atoms with Crippen molar-refractivity contribution in [3.05, 3.63) is 35.1 Å². The number of rotatable bonds is 3. The summed E-state index contributed by atoms with van der Waals surface area (Å²) in [4.78, 5) is 0. The van der Waals surface area contributed by atoms with E-state index in [4.69, 9.17) is 9.47 Å². The quantitative estimate of drug-likeness (QED) is 0.789. The maximum Gasteiger partial charge on any atom is 0.119 e. The van der Waals surface area contributed by atoms with Gasteiger partial charge in [-0.05, 0) is 48.1 Å². The van der Waals surface area contributed by atoms with E-state index < -0.39 is 0 Å². The van der Waals surface area contributed by atoms with Gasteiger partial charge in [0.2, 0.25) is 0 Å². The smallest absolute Gasteiger partial charge is 0.119 e. The Labute approximate surface area is 103 Å². The van der Waals surface area contributed by atoms with E-state index in [-0.39, 0.29) is 0 Å². The molecule has 0 bridgehead atoms. The molecular weight excluding hydrogens is 212 g/mol. The summed E-state index contributed by atoms with van der Waals surface area (Å²) in [6.45, 7) is 2.19. The van der Waals surface area contributed by atoms with Crippen LogP contribution >= 0.6 is 0 Å². The molecule has 1 aliphatic rings. The SMILES string of the molecule is CCC1=C(OC)CCCc2cc(OC)ccc21. The number of hydrogen-bond donors (Lipinski definition) is 0. The highest BCUT2D eigenvalue weighted by Gasteiger charge is 2.17. The van der Waals surface area contributed by atoms with Crippen molar-refractivity contribution in [2.45, 2.75) is 32.6 Å². The Morgan fingerprint density at radius 1 is 1.12 bits per heavy atom. The van der Waals surface area contributed by atoms with Gasteiger partial charge in [-0.1, -0.05) is 13.0 Å². The third-order valence-electron chi connectivity index (χ3n) is 3.42. The molecule has 0 atom stereocenters. The van der Waals surface area contributed by atoms with Gasteiger partial charge in [0.15, 0.2) is 0 Å². The minimum Gasteiger partial charge on any atom is -0.501 e. The lowest BCUT2D eigenvalue weighted by Crippen LogP contribution is -1.95. The van der Waals surface area contributed by atoms with Crippen molar-refractivity contribution in [2.75, 3.05) is 14.2 Å². The Balaban J connectivity index is 2.51. The van der Waals surface area contributed by atoms with Crippen LogP contribution in [-0.2, 0) is 11.2 Å². The van der Waals surface area contributed by atoms with Crippen LogP contribution in [0.2, 0.25) is 0 Å². The van der Waals surface area contributed by atoms with Crippen molar-refractivity contribution in [2.24, 2.45) is 0 Å². The van der Waals surface area contributed by atoms with E-state index in [0.29, 0.717) is 0 Å². The van der Waals surface area contributed by atoms with E-state index in [1.807, 2.05) is 6.07 Å². The summed E-state index contributed by atoms with van der Waals surface area (Å²) in [6, 6.07) is 6.36. The molecule has 1 aromatic rings. The molecule has 2 rings (SSSR count). The molecule has 0 saturated heterocycles. The fourth-order valence-corrected chi connectivity index (χ4v) is 2.55. The molecule has 17 heavy (non-hydrogen) atoms. The first-order chi connectivity index (χ1) is 8.30. The molecule has 0 saturated carbocycles. The predicted octanol–water partition coefficient (Wildman–Crippen LogP) is 3.80. The second-order valence-corrected chi connectivity index (χ2v) is 4.34. The second kappa shape index (κ2) is 5.26. The Morgan fingerprint density at radius 3 is 2.59 bits per heavy atom. The van der Waals surface area contributed by atoms with Crippen LogP contribution in [0.5, 0.6) is 5.75 Å². The van der Waals surface area contributed by atoms with E-state index in [1.165, 1.54) is 16.7 Å². The molecule has 2 heteroatoms. The minimum atomic E-state index is 0.945. The van der Waals surface area contributed by atoms with Crippen LogP contribution in [0.25, 0.3) is 5.57 Å². The van der Waals surface area contributed by atoms with E-state index in [1.54, 1.807) is 14.2 Å². The van der Waals surface area contributed by atoms with E-state index >= 15 is 0 Å². The first-order valence-corrected chi connectivity index (χ1v) is 6.23. The van der Waals surface area contributed by atoms with Crippen LogP contribution in [-0.4, -0.2) is 14.2 Å². The lowest BCUT2D eigenvalue weighted by atomic mass is 9.97. The molecule has 0 amide bonds. The third-order valence-corrected chi connectivity index (χ3v) is 3.42. The molecule has 0 spiro atoms. The largest absolute Gasteiger partial charge is 0.501 e. The van der Waals surface area contributed by atoms with Gasteiger partial charge in [0.25, 0.3) is 0 Å². The summed E-state index contributed by atoms with van der Waals surface area (Å²) in [5.74, 6) is 2.09. The molecular formula is C15H20O2. The van der Waals surface area contributed by atoms with Crippen molar-refractivity contribution in [3.63, 3.8) is 0 Å². The van der Waals surface area contributed by atoms with Crippen LogP contribution in [0.3, 0.4) is 0 Å². The van der Waals surface area contributed by atoms with Gasteiger partial charge >= 0.3 is 0 Å². The maximum atomic E-state index is 5.54. The Hall–Kier alpha value is -1.44. The molecule has 0 fully saturated rings. The number of benzene rings is 1. The number of methoxy groups -OCH3 is 2. The van der Waals surface area contributed by atoms with Crippen LogP contribution in [0.1, 0.15) is 37.3 Å². The molecule has 0 heterocycles. The zero-order valence-corrected chi connectivity index (χ0v) is 10.9. The molecule has 0 aromatic heterocycles. The summed E-state index contributed by atoms with van der Waals surface area (Å²) in [7, 11) is 3.50. The van der Waals surface area contributed by atoms with Crippen molar-refractivity contribution in [3.8, 4) is 5.75 Å². The lowest BCUT2D eigenvalue weighted by molar-refractivity contribution is 0.277. The van der Waals surface area contributed by atoms with E-state index in [2.05, 4.69) is 19.1 Å². The van der Waals surface area contributed by atoms with E-state index in [9.17, 15) is 0 Å². The molecule has 1 aliphatic carbocycles. The average molecular weight is 232 g/mol. The van der Waals surface area contributed by atoms with Gasteiger partial charge in [0.1, 0.15) is 5.75 Å². The van der Waals surface area contributed by atoms with Gasteiger partial charge < -0.3 is 9.47 Å². The fourth-order valence-electron chi connectivity index (χ4n) is 2.55. The highest BCUT2D eigenvalue weighted by atomic mass is 16.5. The standard InChI is InChI=1S/C15H20O2/c1-4-13-14-9-8-12(16-2)10-11(14)6-5-7-15(13)17-3/h8-10H,4-7H2,1-3H3. The molecule has 1 aromatic carbocycles. The predicted molar refractivity (Wildman–Crippen MR) is 70.2 cm³/mol. The van der Waals surface area contributed by atoms with Gasteiger partial charge in [-0.2, -0.15) is 0 Å². The zero-order chi connectivity index (χ0) is 12.3. The van der Waals surface area contributed by atoms with Crippen LogP contribution in [0.15, 0.2) is 24.0 Å². The normalized spacial score (nSPS) is 15.2. The van der Waals surface area contributed by atoms with Gasteiger partial charge in [-0.3, -0.25) is 0 Å². The van der Waals surface area contributed by atoms with Crippen LogP contribution in [0.4, 0.5) is 0 Å². The minimum absolute atomic E-state index is 0.945. The Kier molecular flexibility index (Phi) is 3.72. The fraction of sp³-hybridized carbons (Fsp3) is 0.467. The summed E-state index contributed by atoms with van der Waals surface area (Å²) >= 11 is 0. The molecule has 0 unspecified atom stereocenters. The van der Waals surface area contributed by atoms with E-state index in [0.717, 1.165) is 37.2 Å². The van der Waals surface area contributed by atoms with Crippen molar-refractivity contribution in [1.82, 2.24) is 0 Å². The average Bonchev–Trinajstić information content (AvgIpc) is 2.55. The van der Waals surface area contributed by atoms with Gasteiger partial charge in [-0.25, -0.2) is 0 Å². The first-order valence-electron chi connectivity index (χ1n) is 6.23. The monoisotopic (exact) mass is 232 g/mol. The molecule has 0 N–H and O–H groups in total. The molecule has 92 valence electrons. The van der Waals surface area contributed by atoms with Crippen LogP contribution in [0, 0.1) is 0 Å². The van der Waals surface area contributed by atoms with Gasteiger partial charge in [0, 0.05) is 6.42 Å². The van der Waals surface area contributed by atoms with Gasteiger partial charge in [0.05, 0.1) is 20.0 Å². The molecule has 2 nitrogen and oxygen atoms in total. The zero-order valence-electron chi connectivity index (χ0n) is 10.9. The number of hydrogen-bond acceptors (Lipinski definition) is 2. The highest BCUT2D eigenvalue weighted by molar-refractivity contribution is 5.71. The maximum absolute atomic E-state index is 5.54. The summed E-state index contributed by atoms with van der Waals surface area (Å²) in [6.07, 6.45) is 4.30. The summed E-state index contributed by atoms with van der Waals surface area (Å²) in [5, 5.41) is 0. The third kappa shape index (κ3) is 2.31. The summed E-state index contributed by atoms with van der Waals surface area (Å²) in [5.41, 5.74) is 4.07. The van der Waals surface area contributed by atoms with Crippen molar-refractivity contribution < 1.29 is 9.47 Å². The second-order valence-electron chi connectivity index (χ2n) is 4.34. The first kappa shape index (κ1) is 12.0. The lowest BCUT2D eigenvalue weighted by Gasteiger charge is -2.13. The Bertz CT molecular complexity index is 433. The molecule has 0 aliphatic heterocycles. The van der Waals surface area contributed by atoms with Crippen molar-refractivity contribution >= 4 is 5.57 Å².